The molecule has 0 radical (unpaired) electrons. The van der Waals surface area contributed by atoms with Gasteiger partial charge in [-0.05, 0) is 35.7 Å². The van der Waals surface area contributed by atoms with Gasteiger partial charge in [-0.2, -0.15) is 0 Å². The van der Waals surface area contributed by atoms with Crippen LogP contribution in [0.4, 0.5) is 5.69 Å². The third kappa shape index (κ3) is 4.28. The van der Waals surface area contributed by atoms with E-state index in [1.807, 2.05) is 55.5 Å². The number of halogens is 1. The number of nitrogens with one attached hydrogen (secondary N) is 1. The van der Waals surface area contributed by atoms with Crippen molar-refractivity contribution in [3.63, 3.8) is 0 Å². The summed E-state index contributed by atoms with van der Waals surface area (Å²) in [5, 5.41) is 3.51. The number of aryl methyl sites for hydroxylation is 1. The van der Waals surface area contributed by atoms with E-state index >= 15 is 0 Å². The fourth-order valence-corrected chi connectivity index (χ4v) is 4.01. The topological polar surface area (TPSA) is 58.6 Å². The molecule has 2 amide bonds. The van der Waals surface area contributed by atoms with Crippen LogP contribution in [-0.4, -0.2) is 29.9 Å². The standard InChI is InChI=1S/C25H23ClN2O3/c1-16-12-21(23(31-2)14-20(16)26)27-24(29)22(13-17-8-4-3-5-9-17)28-15-18-10-6-7-11-19(18)25(28)30/h3-12,14,22H,13,15H2,1-2H3,(H,27,29)/t22-/m0/s1. The van der Waals surface area contributed by atoms with Gasteiger partial charge in [-0.25, -0.2) is 0 Å². The number of nitrogens with zero attached hydrogens (tertiary/aromatic N) is 1. The molecule has 0 spiro atoms. The number of ether oxygens (including phenoxy) is 1. The minimum atomic E-state index is -0.678. The summed E-state index contributed by atoms with van der Waals surface area (Å²) in [7, 11) is 1.53. The van der Waals surface area contributed by atoms with Gasteiger partial charge < -0.3 is 15.0 Å². The van der Waals surface area contributed by atoms with Crippen molar-refractivity contribution in [3.8, 4) is 5.75 Å². The molecule has 158 valence electrons. The molecule has 0 bridgehead atoms. The van der Waals surface area contributed by atoms with Crippen LogP contribution in [0, 0.1) is 6.92 Å². The van der Waals surface area contributed by atoms with Crippen molar-refractivity contribution in [1.82, 2.24) is 4.90 Å². The highest BCUT2D eigenvalue weighted by atomic mass is 35.5. The second kappa shape index (κ2) is 8.82. The first-order valence-corrected chi connectivity index (χ1v) is 10.4. The third-order valence-corrected chi connectivity index (χ3v) is 5.95. The molecule has 0 saturated carbocycles. The Labute approximate surface area is 186 Å². The molecule has 0 fully saturated rings. The van der Waals surface area contributed by atoms with Crippen molar-refractivity contribution in [1.29, 1.82) is 0 Å². The molecule has 31 heavy (non-hydrogen) atoms. The maximum Gasteiger partial charge on any atom is 0.255 e. The Morgan fingerprint density at radius 3 is 2.55 bits per heavy atom. The first kappa shape index (κ1) is 20.9. The molecule has 3 aromatic carbocycles. The van der Waals surface area contributed by atoms with Crippen LogP contribution in [0.2, 0.25) is 5.02 Å². The quantitative estimate of drug-likeness (QED) is 0.602. The summed E-state index contributed by atoms with van der Waals surface area (Å²) in [6.07, 6.45) is 0.404. The van der Waals surface area contributed by atoms with E-state index in [1.165, 1.54) is 7.11 Å². The average molecular weight is 435 g/mol. The van der Waals surface area contributed by atoms with E-state index < -0.39 is 6.04 Å². The van der Waals surface area contributed by atoms with Gasteiger partial charge in [0, 0.05) is 29.6 Å². The van der Waals surface area contributed by atoms with Crippen LogP contribution in [0.15, 0.2) is 66.7 Å². The van der Waals surface area contributed by atoms with E-state index in [9.17, 15) is 9.59 Å². The molecule has 1 aliphatic rings. The predicted molar refractivity (Wildman–Crippen MR) is 122 cm³/mol. The monoisotopic (exact) mass is 434 g/mol. The van der Waals surface area contributed by atoms with Gasteiger partial charge in [0.05, 0.1) is 12.8 Å². The van der Waals surface area contributed by atoms with Crippen molar-refractivity contribution in [3.05, 3.63) is 94.0 Å². The van der Waals surface area contributed by atoms with Crippen molar-refractivity contribution in [2.45, 2.75) is 25.9 Å². The normalized spacial score (nSPS) is 13.6. The predicted octanol–water partition coefficient (Wildman–Crippen LogP) is 4.86. The number of methoxy groups -OCH3 is 1. The van der Waals surface area contributed by atoms with Crippen molar-refractivity contribution >= 4 is 29.1 Å². The Morgan fingerprint density at radius 2 is 1.84 bits per heavy atom. The molecule has 1 N–H and O–H groups in total. The molecular formula is C25H23ClN2O3. The van der Waals surface area contributed by atoms with Crippen LogP contribution in [0.25, 0.3) is 0 Å². The summed E-state index contributed by atoms with van der Waals surface area (Å²) in [5.41, 5.74) is 3.90. The Balaban J connectivity index is 1.66. The molecule has 4 rings (SSSR count). The zero-order valence-electron chi connectivity index (χ0n) is 17.4. The van der Waals surface area contributed by atoms with E-state index in [4.69, 9.17) is 16.3 Å². The van der Waals surface area contributed by atoms with Crippen LogP contribution in [-0.2, 0) is 17.8 Å². The maximum atomic E-state index is 13.5. The lowest BCUT2D eigenvalue weighted by Gasteiger charge is -2.27. The first-order valence-electron chi connectivity index (χ1n) is 10.1. The minimum absolute atomic E-state index is 0.133. The number of rotatable bonds is 6. The summed E-state index contributed by atoms with van der Waals surface area (Å²) in [5.74, 6) is 0.0643. The Hall–Kier alpha value is -3.31. The van der Waals surface area contributed by atoms with Gasteiger partial charge in [-0.15, -0.1) is 0 Å². The highest BCUT2D eigenvalue weighted by Gasteiger charge is 2.36. The summed E-state index contributed by atoms with van der Waals surface area (Å²) in [6.45, 7) is 2.26. The number of hydrogen-bond acceptors (Lipinski definition) is 3. The molecule has 0 saturated heterocycles. The molecule has 3 aromatic rings. The molecule has 1 heterocycles. The van der Waals surface area contributed by atoms with Crippen LogP contribution in [0.3, 0.4) is 0 Å². The Bertz CT molecular complexity index is 1130. The van der Waals surface area contributed by atoms with Gasteiger partial charge in [0.15, 0.2) is 0 Å². The third-order valence-electron chi connectivity index (χ3n) is 5.54. The number of anilines is 1. The highest BCUT2D eigenvalue weighted by Crippen LogP contribution is 2.32. The van der Waals surface area contributed by atoms with E-state index in [1.54, 1.807) is 23.1 Å². The molecule has 0 aliphatic carbocycles. The Kier molecular flexibility index (Phi) is 5.96. The van der Waals surface area contributed by atoms with E-state index in [-0.39, 0.29) is 11.8 Å². The second-order valence-corrected chi connectivity index (χ2v) is 7.99. The van der Waals surface area contributed by atoms with Gasteiger partial charge in [0.2, 0.25) is 5.91 Å². The highest BCUT2D eigenvalue weighted by molar-refractivity contribution is 6.31. The van der Waals surface area contributed by atoms with Gasteiger partial charge in [0.25, 0.3) is 5.91 Å². The lowest BCUT2D eigenvalue weighted by molar-refractivity contribution is -0.120. The molecule has 0 unspecified atom stereocenters. The van der Waals surface area contributed by atoms with Crippen LogP contribution in [0.5, 0.6) is 5.75 Å². The molecular weight excluding hydrogens is 412 g/mol. The number of amides is 2. The fourth-order valence-electron chi connectivity index (χ4n) is 3.86. The number of carbonyl (C=O) groups is 2. The average Bonchev–Trinajstić information content (AvgIpc) is 3.11. The maximum absolute atomic E-state index is 13.5. The number of hydrogen-bond donors (Lipinski definition) is 1. The van der Waals surface area contributed by atoms with E-state index in [0.717, 1.165) is 16.7 Å². The van der Waals surface area contributed by atoms with E-state index in [0.29, 0.717) is 35.0 Å². The summed E-state index contributed by atoms with van der Waals surface area (Å²) < 4.78 is 5.40. The second-order valence-electron chi connectivity index (χ2n) is 7.59. The van der Waals surface area contributed by atoms with Crippen LogP contribution < -0.4 is 10.1 Å². The van der Waals surface area contributed by atoms with Crippen LogP contribution >= 0.6 is 11.6 Å². The van der Waals surface area contributed by atoms with Gasteiger partial charge in [-0.3, -0.25) is 9.59 Å². The molecule has 6 heteroatoms. The first-order chi connectivity index (χ1) is 15.0. The SMILES string of the molecule is COc1cc(Cl)c(C)cc1NC(=O)[C@H](Cc1ccccc1)N1Cc2ccccc2C1=O. The number of fused-ring (bicyclic) bond motifs is 1. The zero-order valence-corrected chi connectivity index (χ0v) is 18.1. The van der Waals surface area contributed by atoms with Crippen molar-refractivity contribution < 1.29 is 14.3 Å². The largest absolute Gasteiger partial charge is 0.495 e. The lowest BCUT2D eigenvalue weighted by Crippen LogP contribution is -2.45. The molecule has 0 aromatic heterocycles. The number of carbonyl (C=O) groups excluding carboxylic acids is 2. The molecule has 5 nitrogen and oxygen atoms in total. The smallest absolute Gasteiger partial charge is 0.255 e. The van der Waals surface area contributed by atoms with Gasteiger partial charge in [0.1, 0.15) is 11.8 Å². The van der Waals surface area contributed by atoms with E-state index in [2.05, 4.69) is 5.32 Å². The minimum Gasteiger partial charge on any atom is -0.495 e. The molecule has 1 atom stereocenters. The summed E-state index contributed by atoms with van der Waals surface area (Å²) in [4.78, 5) is 28.2. The fraction of sp³-hybridized carbons (Fsp3) is 0.200. The summed E-state index contributed by atoms with van der Waals surface area (Å²) in [6, 6.07) is 20.0. The van der Waals surface area contributed by atoms with Gasteiger partial charge in [-0.1, -0.05) is 60.1 Å². The molecule has 1 aliphatic heterocycles. The Morgan fingerprint density at radius 1 is 1.13 bits per heavy atom. The zero-order chi connectivity index (χ0) is 22.0. The lowest BCUT2D eigenvalue weighted by atomic mass is 10.0. The van der Waals surface area contributed by atoms with Crippen molar-refractivity contribution in [2.24, 2.45) is 0 Å². The number of benzene rings is 3. The van der Waals surface area contributed by atoms with Crippen molar-refractivity contribution in [2.75, 3.05) is 12.4 Å². The van der Waals surface area contributed by atoms with Gasteiger partial charge >= 0.3 is 0 Å². The van der Waals surface area contributed by atoms with Crippen LogP contribution in [0.1, 0.15) is 27.0 Å². The summed E-state index contributed by atoms with van der Waals surface area (Å²) >= 11 is 6.20.